The number of nitrogens with zero attached hydrogens (tertiary/aromatic N) is 7. The average Bonchev–Trinajstić information content (AvgIpc) is 3.53. The van der Waals surface area contributed by atoms with Gasteiger partial charge in [-0.15, -0.1) is 0 Å². The fraction of sp³-hybridized carbons (Fsp3) is 0.111. The van der Waals surface area contributed by atoms with E-state index in [-0.39, 0.29) is 0 Å². The molecule has 13 heteroatoms. The number of carboxylic acid groups (broad SMARTS) is 1. The predicted octanol–water partition coefficient (Wildman–Crippen LogP) is 5.45. The van der Waals surface area contributed by atoms with E-state index in [1.807, 2.05) is 67.4 Å². The maximum Gasteiger partial charge on any atom is 0.490 e. The van der Waals surface area contributed by atoms with E-state index >= 15 is 0 Å². The van der Waals surface area contributed by atoms with Gasteiger partial charge in [-0.2, -0.15) is 23.4 Å². The molecule has 3 aromatic heterocycles. The number of aliphatic carboxylic acids is 1. The van der Waals surface area contributed by atoms with Crippen LogP contribution in [-0.4, -0.2) is 51.8 Å². The molecule has 6 rings (SSSR count). The zero-order valence-electron chi connectivity index (χ0n) is 21.1. The summed E-state index contributed by atoms with van der Waals surface area (Å²) in [6.45, 7) is 1.87. The normalized spacial score (nSPS) is 11.3. The maximum atomic E-state index is 10.6. The molecule has 0 saturated carbocycles. The molecule has 0 spiro atoms. The Morgan fingerprint density at radius 1 is 0.975 bits per heavy atom. The molecule has 0 unspecified atom stereocenters. The second kappa shape index (κ2) is 10.4. The number of alkyl halides is 3. The van der Waals surface area contributed by atoms with Crippen molar-refractivity contribution in [2.24, 2.45) is 7.05 Å². The molecular weight excluding hydrogens is 525 g/mol. The minimum atomic E-state index is -5.08. The number of benzene rings is 3. The Kier molecular flexibility index (Phi) is 6.86. The Hall–Kier alpha value is -5.33. The standard InChI is InChI=1S/C25H20N8.C2HF3O2/c1-16-27-15-33(31-16)21-9-7-20(8-10-21)29-25-26-13-18-4-3-5-22(24(18)30-25)17-6-11-23-19(12-17)14-28-32(23)2;3-2(4,5)1(6)7/h3-15H,1-2H3,(H,26,29,30);(H,6,7). The second-order valence-corrected chi connectivity index (χ2v) is 8.69. The Labute approximate surface area is 224 Å². The van der Waals surface area contributed by atoms with Crippen LogP contribution < -0.4 is 5.32 Å². The molecule has 0 aliphatic carbocycles. The van der Waals surface area contributed by atoms with Gasteiger partial charge in [0.1, 0.15) is 12.2 Å². The number of aromatic nitrogens is 7. The zero-order valence-corrected chi connectivity index (χ0v) is 21.1. The van der Waals surface area contributed by atoms with Crippen molar-refractivity contribution in [1.29, 1.82) is 0 Å². The highest BCUT2D eigenvalue weighted by Gasteiger charge is 2.38. The van der Waals surface area contributed by atoms with Crippen molar-refractivity contribution in [1.82, 2.24) is 34.5 Å². The number of hydrogen-bond donors (Lipinski definition) is 2. The summed E-state index contributed by atoms with van der Waals surface area (Å²) >= 11 is 0. The topological polar surface area (TPSA) is 124 Å². The maximum absolute atomic E-state index is 10.6. The molecule has 10 nitrogen and oxygen atoms in total. The molecular formula is C27H21F3N8O2. The summed E-state index contributed by atoms with van der Waals surface area (Å²) in [6.07, 6.45) is 0.355. The van der Waals surface area contributed by atoms with Crippen molar-refractivity contribution in [3.63, 3.8) is 0 Å². The minimum absolute atomic E-state index is 0.543. The lowest BCUT2D eigenvalue weighted by Crippen LogP contribution is -2.21. The smallest absolute Gasteiger partial charge is 0.475 e. The first kappa shape index (κ1) is 26.3. The van der Waals surface area contributed by atoms with Gasteiger partial charge in [-0.05, 0) is 48.9 Å². The van der Waals surface area contributed by atoms with Crippen molar-refractivity contribution in [3.05, 3.63) is 85.2 Å². The van der Waals surface area contributed by atoms with Crippen LogP contribution in [0, 0.1) is 6.92 Å². The lowest BCUT2D eigenvalue weighted by molar-refractivity contribution is -0.192. The quantitative estimate of drug-likeness (QED) is 0.299. The van der Waals surface area contributed by atoms with Crippen molar-refractivity contribution >= 4 is 39.4 Å². The summed E-state index contributed by atoms with van der Waals surface area (Å²) < 4.78 is 35.4. The molecule has 0 atom stereocenters. The van der Waals surface area contributed by atoms with Crippen molar-refractivity contribution in [2.45, 2.75) is 13.1 Å². The number of carbonyl (C=O) groups is 1. The monoisotopic (exact) mass is 546 g/mol. The molecule has 0 radical (unpaired) electrons. The highest BCUT2D eigenvalue weighted by Crippen LogP contribution is 2.30. The number of nitrogens with one attached hydrogen (secondary N) is 1. The fourth-order valence-corrected chi connectivity index (χ4v) is 3.98. The molecule has 202 valence electrons. The summed E-state index contributed by atoms with van der Waals surface area (Å²) in [5.74, 6) is -1.48. The van der Waals surface area contributed by atoms with Gasteiger partial charge in [-0.25, -0.2) is 24.4 Å². The first-order valence-corrected chi connectivity index (χ1v) is 11.8. The third-order valence-electron chi connectivity index (χ3n) is 5.90. The van der Waals surface area contributed by atoms with Gasteiger partial charge in [-0.1, -0.05) is 24.3 Å². The lowest BCUT2D eigenvalue weighted by atomic mass is 10.0. The minimum Gasteiger partial charge on any atom is -0.475 e. The molecule has 40 heavy (non-hydrogen) atoms. The van der Waals surface area contributed by atoms with Crippen LogP contribution in [0.3, 0.4) is 0 Å². The van der Waals surface area contributed by atoms with Gasteiger partial charge in [0.15, 0.2) is 0 Å². The van der Waals surface area contributed by atoms with E-state index in [4.69, 9.17) is 14.9 Å². The molecule has 0 aliphatic rings. The summed E-state index contributed by atoms with van der Waals surface area (Å²) in [5, 5.41) is 21.2. The SMILES string of the molecule is Cc1ncn(-c2ccc(Nc3ncc4cccc(-c5ccc6c(cnn6C)c5)c4n3)cc2)n1.O=C(O)C(F)(F)F. The van der Waals surface area contributed by atoms with E-state index < -0.39 is 12.1 Å². The molecule has 3 aromatic carbocycles. The van der Waals surface area contributed by atoms with Gasteiger partial charge in [0.25, 0.3) is 0 Å². The molecule has 6 aromatic rings. The van der Waals surface area contributed by atoms with Gasteiger partial charge in [0, 0.05) is 35.3 Å². The first-order valence-electron chi connectivity index (χ1n) is 11.8. The summed E-state index contributed by atoms with van der Waals surface area (Å²) in [7, 11) is 1.95. The molecule has 0 bridgehead atoms. The Bertz CT molecular complexity index is 1830. The zero-order chi connectivity index (χ0) is 28.4. The van der Waals surface area contributed by atoms with E-state index in [1.54, 1.807) is 11.0 Å². The number of para-hydroxylation sites is 1. The van der Waals surface area contributed by atoms with Gasteiger partial charge in [0.2, 0.25) is 5.95 Å². The lowest BCUT2D eigenvalue weighted by Gasteiger charge is -2.10. The summed E-state index contributed by atoms with van der Waals surface area (Å²) in [6, 6.07) is 20.4. The van der Waals surface area contributed by atoms with Crippen LogP contribution in [0.25, 0.3) is 38.6 Å². The molecule has 3 heterocycles. The van der Waals surface area contributed by atoms with Crippen LogP contribution >= 0.6 is 0 Å². The summed E-state index contributed by atoms with van der Waals surface area (Å²) in [5.41, 5.74) is 5.98. The van der Waals surface area contributed by atoms with E-state index in [9.17, 15) is 13.2 Å². The molecule has 0 fully saturated rings. The van der Waals surface area contributed by atoms with Crippen molar-refractivity contribution < 1.29 is 23.1 Å². The van der Waals surface area contributed by atoms with Crippen LogP contribution in [0.15, 0.2) is 79.4 Å². The number of carboxylic acids is 1. The number of hydrogen-bond acceptors (Lipinski definition) is 7. The molecule has 0 saturated heterocycles. The van der Waals surface area contributed by atoms with Crippen molar-refractivity contribution in [3.8, 4) is 16.8 Å². The van der Waals surface area contributed by atoms with Crippen LogP contribution in [0.2, 0.25) is 0 Å². The van der Waals surface area contributed by atoms with Crippen LogP contribution in [0.5, 0.6) is 0 Å². The van der Waals surface area contributed by atoms with Gasteiger partial charge in [-0.3, -0.25) is 4.68 Å². The van der Waals surface area contributed by atoms with Gasteiger partial charge >= 0.3 is 12.1 Å². The number of halogens is 3. The summed E-state index contributed by atoms with van der Waals surface area (Å²) in [4.78, 5) is 22.4. The van der Waals surface area contributed by atoms with E-state index in [0.29, 0.717) is 5.95 Å². The van der Waals surface area contributed by atoms with E-state index in [2.05, 4.69) is 49.7 Å². The Morgan fingerprint density at radius 2 is 1.73 bits per heavy atom. The largest absolute Gasteiger partial charge is 0.490 e. The average molecular weight is 547 g/mol. The highest BCUT2D eigenvalue weighted by atomic mass is 19.4. The van der Waals surface area contributed by atoms with Crippen LogP contribution in [-0.2, 0) is 11.8 Å². The number of rotatable bonds is 4. The van der Waals surface area contributed by atoms with Gasteiger partial charge in [0.05, 0.1) is 22.9 Å². The number of anilines is 2. The van der Waals surface area contributed by atoms with Gasteiger partial charge < -0.3 is 10.4 Å². The van der Waals surface area contributed by atoms with E-state index in [1.165, 1.54) is 0 Å². The number of fused-ring (bicyclic) bond motifs is 2. The first-order chi connectivity index (χ1) is 19.1. The third-order valence-corrected chi connectivity index (χ3v) is 5.90. The molecule has 0 aliphatic heterocycles. The van der Waals surface area contributed by atoms with E-state index in [0.717, 1.165) is 50.1 Å². The Morgan fingerprint density at radius 3 is 2.40 bits per heavy atom. The highest BCUT2D eigenvalue weighted by molar-refractivity contribution is 5.96. The van der Waals surface area contributed by atoms with Crippen molar-refractivity contribution in [2.75, 3.05) is 5.32 Å². The molecule has 0 amide bonds. The van der Waals surface area contributed by atoms with Crippen LogP contribution in [0.4, 0.5) is 24.8 Å². The molecule has 2 N–H and O–H groups in total. The number of aryl methyl sites for hydroxylation is 2. The third kappa shape index (κ3) is 5.57. The Balaban J connectivity index is 0.000000411. The van der Waals surface area contributed by atoms with Crippen LogP contribution in [0.1, 0.15) is 5.82 Å². The fourth-order valence-electron chi connectivity index (χ4n) is 3.98. The second-order valence-electron chi connectivity index (χ2n) is 8.69. The predicted molar refractivity (Wildman–Crippen MR) is 142 cm³/mol.